The molecule has 0 aliphatic heterocycles. The second-order valence-electron chi connectivity index (χ2n) is 2.97. The van der Waals surface area contributed by atoms with Crippen molar-refractivity contribution in [3.8, 4) is 0 Å². The van der Waals surface area contributed by atoms with Gasteiger partial charge in [0.1, 0.15) is 0 Å². The minimum absolute atomic E-state index is 0.0355. The Morgan fingerprint density at radius 1 is 1.33 bits per heavy atom. The molecule has 15 heavy (non-hydrogen) atoms. The number of carbonyl (C=O) groups is 1. The van der Waals surface area contributed by atoms with Gasteiger partial charge in [-0.1, -0.05) is 0 Å². The first kappa shape index (κ1) is 14.3. The van der Waals surface area contributed by atoms with Gasteiger partial charge in [0, 0.05) is 26.2 Å². The fraction of sp³-hybridized carbons (Fsp3) is 0.900. The molecule has 0 aromatic heterocycles. The van der Waals surface area contributed by atoms with Gasteiger partial charge >= 0.3 is 0 Å². The second kappa shape index (κ2) is 9.89. The number of amides is 1. The first-order chi connectivity index (χ1) is 7.24. The zero-order valence-corrected chi connectivity index (χ0v) is 9.49. The van der Waals surface area contributed by atoms with Crippen LogP contribution < -0.4 is 5.32 Å². The predicted octanol–water partition coefficient (Wildman–Crippen LogP) is 0.274. The molecular weight excluding hydrogens is 198 g/mol. The molecule has 0 spiro atoms. The third kappa shape index (κ3) is 8.35. The summed E-state index contributed by atoms with van der Waals surface area (Å²) in [7, 11) is 0. The van der Waals surface area contributed by atoms with Crippen molar-refractivity contribution in [2.24, 2.45) is 0 Å². The summed E-state index contributed by atoms with van der Waals surface area (Å²) in [6.45, 7) is 5.24. The molecule has 0 heterocycles. The van der Waals surface area contributed by atoms with Crippen molar-refractivity contribution >= 4 is 5.91 Å². The monoisotopic (exact) mass is 219 g/mol. The van der Waals surface area contributed by atoms with E-state index in [1.165, 1.54) is 0 Å². The van der Waals surface area contributed by atoms with Gasteiger partial charge in [-0.05, 0) is 20.3 Å². The lowest BCUT2D eigenvalue weighted by molar-refractivity contribution is -0.140. The highest BCUT2D eigenvalue weighted by atomic mass is 16.7. The minimum Gasteiger partial charge on any atom is -0.396 e. The number of hydrogen-bond donors (Lipinski definition) is 2. The molecular formula is C10H21NO4. The van der Waals surface area contributed by atoms with Gasteiger partial charge in [-0.25, -0.2) is 0 Å². The molecule has 0 saturated heterocycles. The molecule has 1 amide bonds. The normalized spacial score (nSPS) is 10.7. The van der Waals surface area contributed by atoms with Gasteiger partial charge in [0.25, 0.3) is 0 Å². The van der Waals surface area contributed by atoms with Crippen LogP contribution >= 0.6 is 0 Å². The molecule has 0 aliphatic rings. The molecule has 0 unspecified atom stereocenters. The molecule has 0 aromatic rings. The van der Waals surface area contributed by atoms with Crippen LogP contribution in [0.25, 0.3) is 0 Å². The number of ether oxygens (including phenoxy) is 2. The van der Waals surface area contributed by atoms with Crippen LogP contribution in [0.2, 0.25) is 0 Å². The van der Waals surface area contributed by atoms with Gasteiger partial charge < -0.3 is 19.9 Å². The van der Waals surface area contributed by atoms with Crippen LogP contribution in [0.3, 0.4) is 0 Å². The molecule has 0 aliphatic carbocycles. The van der Waals surface area contributed by atoms with Crippen molar-refractivity contribution in [3.05, 3.63) is 0 Å². The summed E-state index contributed by atoms with van der Waals surface area (Å²) < 4.78 is 10.5. The van der Waals surface area contributed by atoms with Crippen molar-refractivity contribution in [2.75, 3.05) is 26.4 Å². The lowest BCUT2D eigenvalue weighted by Gasteiger charge is -2.17. The highest BCUT2D eigenvalue weighted by Crippen LogP contribution is 1.94. The zero-order valence-electron chi connectivity index (χ0n) is 9.49. The maximum atomic E-state index is 11.2. The van der Waals surface area contributed by atoms with E-state index < -0.39 is 0 Å². The number of nitrogens with one attached hydrogen (secondary N) is 1. The molecule has 5 nitrogen and oxygen atoms in total. The largest absolute Gasteiger partial charge is 0.396 e. The molecule has 0 fully saturated rings. The number of aliphatic hydroxyl groups is 1. The molecule has 2 N–H and O–H groups in total. The van der Waals surface area contributed by atoms with Crippen LogP contribution in [0.15, 0.2) is 0 Å². The van der Waals surface area contributed by atoms with Crippen molar-refractivity contribution in [1.82, 2.24) is 5.32 Å². The first-order valence-corrected chi connectivity index (χ1v) is 5.35. The molecule has 90 valence electrons. The number of rotatable bonds is 9. The summed E-state index contributed by atoms with van der Waals surface area (Å²) >= 11 is 0. The fourth-order valence-electron chi connectivity index (χ4n) is 1.06. The highest BCUT2D eigenvalue weighted by molar-refractivity contribution is 5.75. The molecule has 0 bridgehead atoms. The average molecular weight is 219 g/mol. The third-order valence-corrected chi connectivity index (χ3v) is 1.73. The minimum atomic E-state index is -0.377. The summed E-state index contributed by atoms with van der Waals surface area (Å²) in [6, 6.07) is 0. The lowest BCUT2D eigenvalue weighted by atomic mass is 10.3. The molecule has 0 saturated carbocycles. The fourth-order valence-corrected chi connectivity index (χ4v) is 1.06. The molecule has 0 atom stereocenters. The van der Waals surface area contributed by atoms with Crippen molar-refractivity contribution in [1.29, 1.82) is 0 Å². The average Bonchev–Trinajstić information content (AvgIpc) is 2.23. The molecule has 0 aromatic carbocycles. The van der Waals surface area contributed by atoms with E-state index in [0.717, 1.165) is 0 Å². The molecule has 5 heteroatoms. The van der Waals surface area contributed by atoms with E-state index in [1.54, 1.807) is 0 Å². The van der Waals surface area contributed by atoms with Crippen LogP contribution in [-0.4, -0.2) is 43.7 Å². The maximum Gasteiger partial charge on any atom is 0.220 e. The van der Waals surface area contributed by atoms with E-state index in [4.69, 9.17) is 14.6 Å². The van der Waals surface area contributed by atoms with E-state index in [2.05, 4.69) is 5.32 Å². The SMILES string of the molecule is CCOC(CNC(=O)CCCO)OCC. The summed E-state index contributed by atoms with van der Waals surface area (Å²) in [4.78, 5) is 11.2. The Kier molecular flexibility index (Phi) is 9.46. The second-order valence-corrected chi connectivity index (χ2v) is 2.97. The van der Waals surface area contributed by atoms with E-state index >= 15 is 0 Å². The maximum absolute atomic E-state index is 11.2. The predicted molar refractivity (Wildman–Crippen MR) is 56.4 cm³/mol. The Hall–Kier alpha value is -0.650. The standard InChI is InChI=1S/C10H21NO4/c1-3-14-10(15-4-2)8-11-9(13)6-5-7-12/h10,12H,3-8H2,1-2H3,(H,11,13). The van der Waals surface area contributed by atoms with E-state index in [1.807, 2.05) is 13.8 Å². The van der Waals surface area contributed by atoms with E-state index in [9.17, 15) is 4.79 Å². The summed E-state index contributed by atoms with van der Waals surface area (Å²) in [5, 5.41) is 11.2. The summed E-state index contributed by atoms with van der Waals surface area (Å²) in [6.07, 6.45) is 0.444. The quantitative estimate of drug-likeness (QED) is 0.546. The van der Waals surface area contributed by atoms with Gasteiger partial charge in [-0.2, -0.15) is 0 Å². The first-order valence-electron chi connectivity index (χ1n) is 5.35. The summed E-state index contributed by atoms with van der Waals surface area (Å²) in [5.74, 6) is -0.0894. The van der Waals surface area contributed by atoms with E-state index in [0.29, 0.717) is 32.6 Å². The van der Waals surface area contributed by atoms with Crippen LogP contribution in [0.5, 0.6) is 0 Å². The van der Waals surface area contributed by atoms with Crippen LogP contribution in [0.4, 0.5) is 0 Å². The topological polar surface area (TPSA) is 67.8 Å². The molecule has 0 rings (SSSR count). The van der Waals surface area contributed by atoms with E-state index in [-0.39, 0.29) is 18.8 Å². The smallest absolute Gasteiger partial charge is 0.220 e. The highest BCUT2D eigenvalue weighted by Gasteiger charge is 2.09. The summed E-state index contributed by atoms with van der Waals surface area (Å²) in [5.41, 5.74) is 0. The third-order valence-electron chi connectivity index (χ3n) is 1.73. The Labute approximate surface area is 90.8 Å². The Balaban J connectivity index is 3.62. The van der Waals surface area contributed by atoms with Crippen LogP contribution in [0, 0.1) is 0 Å². The van der Waals surface area contributed by atoms with Crippen LogP contribution in [0.1, 0.15) is 26.7 Å². The zero-order chi connectivity index (χ0) is 11.5. The van der Waals surface area contributed by atoms with Crippen molar-refractivity contribution < 1.29 is 19.4 Å². The number of carbonyl (C=O) groups excluding carboxylic acids is 1. The van der Waals surface area contributed by atoms with Gasteiger partial charge in [0.2, 0.25) is 5.91 Å². The van der Waals surface area contributed by atoms with Crippen molar-refractivity contribution in [2.45, 2.75) is 33.0 Å². The van der Waals surface area contributed by atoms with Crippen molar-refractivity contribution in [3.63, 3.8) is 0 Å². The Bertz CT molecular complexity index is 158. The van der Waals surface area contributed by atoms with Gasteiger partial charge in [0.15, 0.2) is 6.29 Å². The number of hydrogen-bond acceptors (Lipinski definition) is 4. The number of aliphatic hydroxyl groups excluding tert-OH is 1. The Morgan fingerprint density at radius 3 is 2.40 bits per heavy atom. The van der Waals surface area contributed by atoms with Crippen LogP contribution in [-0.2, 0) is 14.3 Å². The van der Waals surface area contributed by atoms with Gasteiger partial charge in [-0.15, -0.1) is 0 Å². The van der Waals surface area contributed by atoms with Gasteiger partial charge in [0.05, 0.1) is 6.54 Å². The Morgan fingerprint density at radius 2 is 1.93 bits per heavy atom. The van der Waals surface area contributed by atoms with Gasteiger partial charge in [-0.3, -0.25) is 4.79 Å². The molecule has 0 radical (unpaired) electrons. The lowest BCUT2D eigenvalue weighted by Crippen LogP contribution is -2.35.